The summed E-state index contributed by atoms with van der Waals surface area (Å²) in [6.45, 7) is 2.29. The number of Topliss-reactive ketones (excluding diaryl/α,β-unsaturated/α-hetero) is 1. The molecule has 7 rings (SSSR count). The topological polar surface area (TPSA) is 51.9 Å². The Morgan fingerprint density at radius 3 is 2.97 bits per heavy atom. The maximum atomic E-state index is 13.1. The monoisotopic (exact) mass is 405 g/mol. The molecule has 156 valence electrons. The number of benzene rings is 1. The Morgan fingerprint density at radius 2 is 2.20 bits per heavy atom. The van der Waals surface area contributed by atoms with Crippen molar-refractivity contribution >= 4 is 5.78 Å². The van der Waals surface area contributed by atoms with Gasteiger partial charge in [-0.1, -0.05) is 0 Å². The van der Waals surface area contributed by atoms with Gasteiger partial charge < -0.3 is 13.9 Å². The van der Waals surface area contributed by atoms with Gasteiger partial charge in [-0.2, -0.15) is 0 Å². The Morgan fingerprint density at radius 1 is 1.30 bits per heavy atom. The summed E-state index contributed by atoms with van der Waals surface area (Å²) in [6.07, 6.45) is 9.62. The summed E-state index contributed by atoms with van der Waals surface area (Å²) in [4.78, 5) is 15.9. The average molecular weight is 405 g/mol. The van der Waals surface area contributed by atoms with E-state index in [0.29, 0.717) is 18.4 Å². The molecule has 1 aromatic carbocycles. The molecule has 3 heterocycles. The normalized spacial score (nSPS) is 33.9. The Hall–Kier alpha value is -2.27. The number of carbonyl (C=O) groups excluding carboxylic acids is 1. The van der Waals surface area contributed by atoms with Gasteiger partial charge in [0.1, 0.15) is 0 Å². The van der Waals surface area contributed by atoms with E-state index in [1.54, 1.807) is 13.4 Å². The van der Waals surface area contributed by atoms with Gasteiger partial charge in [-0.15, -0.1) is 0 Å². The van der Waals surface area contributed by atoms with Crippen molar-refractivity contribution in [1.82, 2.24) is 4.90 Å². The van der Waals surface area contributed by atoms with Crippen molar-refractivity contribution in [2.24, 2.45) is 11.8 Å². The van der Waals surface area contributed by atoms with E-state index < -0.39 is 0 Å². The Labute approximate surface area is 176 Å². The van der Waals surface area contributed by atoms with Gasteiger partial charge in [-0.3, -0.25) is 9.69 Å². The van der Waals surface area contributed by atoms with Crippen LogP contribution in [-0.4, -0.2) is 43.0 Å². The lowest BCUT2D eigenvalue weighted by Crippen LogP contribution is -2.66. The molecule has 1 spiro atoms. The molecule has 5 aliphatic rings. The molecule has 5 nitrogen and oxygen atoms in total. The van der Waals surface area contributed by atoms with Crippen molar-refractivity contribution in [1.29, 1.82) is 0 Å². The fraction of sp³-hybridized carbons (Fsp3) is 0.560. The molecule has 30 heavy (non-hydrogen) atoms. The number of hydrogen-bond donors (Lipinski definition) is 0. The zero-order chi connectivity index (χ0) is 20.0. The predicted octanol–water partition coefficient (Wildman–Crippen LogP) is 3.97. The number of carbonyl (C=O) groups is 1. The van der Waals surface area contributed by atoms with Crippen LogP contribution < -0.4 is 9.47 Å². The zero-order valence-electron chi connectivity index (χ0n) is 17.4. The average Bonchev–Trinajstić information content (AvgIpc) is 3.27. The minimum absolute atomic E-state index is 0.185. The standard InChI is InChI=1S/C25H27NO4/c1-28-21-11-16(15-6-9-29-13-15)17-10-19-18-4-5-20(27)24-25(18,22(17)23(21)30-24)7-8-26(19)12-14-2-3-14/h6,9,11,13-14,18-19,24H,2-5,7-8,10,12H2,1H3/t18?,19?,24?,25-/m1/s1. The molecule has 2 aromatic rings. The van der Waals surface area contributed by atoms with Crippen molar-refractivity contribution in [2.75, 3.05) is 20.2 Å². The summed E-state index contributed by atoms with van der Waals surface area (Å²) >= 11 is 0. The van der Waals surface area contributed by atoms with Gasteiger partial charge >= 0.3 is 0 Å². The fourth-order valence-electron chi connectivity index (χ4n) is 7.17. The third-order valence-electron chi connectivity index (χ3n) is 8.58. The lowest BCUT2D eigenvalue weighted by molar-refractivity contribution is -0.138. The molecule has 2 bridgehead atoms. The predicted molar refractivity (Wildman–Crippen MR) is 111 cm³/mol. The molecule has 0 amide bonds. The summed E-state index contributed by atoms with van der Waals surface area (Å²) < 4.78 is 17.7. The van der Waals surface area contributed by atoms with E-state index >= 15 is 0 Å². The number of methoxy groups -OCH3 is 1. The summed E-state index contributed by atoms with van der Waals surface area (Å²) in [5, 5.41) is 0. The lowest BCUT2D eigenvalue weighted by atomic mass is 9.51. The van der Waals surface area contributed by atoms with Gasteiger partial charge in [0, 0.05) is 35.5 Å². The zero-order valence-corrected chi connectivity index (χ0v) is 17.4. The van der Waals surface area contributed by atoms with Crippen LogP contribution in [0.2, 0.25) is 0 Å². The van der Waals surface area contributed by atoms with Crippen LogP contribution >= 0.6 is 0 Å². The van der Waals surface area contributed by atoms with E-state index in [9.17, 15) is 4.79 Å². The molecule has 2 aliphatic heterocycles. The molecule has 3 aliphatic carbocycles. The van der Waals surface area contributed by atoms with E-state index in [4.69, 9.17) is 13.9 Å². The Balaban J connectivity index is 1.48. The SMILES string of the molecule is COc1cc(-c2ccoc2)c2c3c1OC1C(=O)CCC4C(C2)N(CC2CC2)CC[C@@]314. The van der Waals surface area contributed by atoms with Crippen LogP contribution in [0.15, 0.2) is 29.1 Å². The minimum atomic E-state index is -0.343. The number of piperidine rings is 1. The van der Waals surface area contributed by atoms with E-state index in [2.05, 4.69) is 11.0 Å². The van der Waals surface area contributed by atoms with E-state index in [-0.39, 0.29) is 17.3 Å². The third-order valence-corrected chi connectivity index (χ3v) is 8.58. The summed E-state index contributed by atoms with van der Waals surface area (Å²) in [5.41, 5.74) is 4.71. The second-order valence-corrected chi connectivity index (χ2v) is 9.93. The molecule has 4 atom stereocenters. The van der Waals surface area contributed by atoms with Crippen molar-refractivity contribution in [3.63, 3.8) is 0 Å². The summed E-state index contributed by atoms with van der Waals surface area (Å²) in [7, 11) is 1.70. The molecule has 0 N–H and O–H groups in total. The fourth-order valence-corrected chi connectivity index (χ4v) is 7.17. The molecule has 0 radical (unpaired) electrons. The van der Waals surface area contributed by atoms with Crippen molar-refractivity contribution in [3.8, 4) is 22.6 Å². The highest BCUT2D eigenvalue weighted by molar-refractivity contribution is 5.90. The first-order valence-corrected chi connectivity index (χ1v) is 11.4. The molecule has 1 saturated heterocycles. The van der Waals surface area contributed by atoms with E-state index in [0.717, 1.165) is 48.8 Å². The maximum absolute atomic E-state index is 13.1. The van der Waals surface area contributed by atoms with Crippen LogP contribution in [0.1, 0.15) is 43.2 Å². The number of rotatable bonds is 4. The molecule has 3 unspecified atom stereocenters. The van der Waals surface area contributed by atoms with Gasteiger partial charge in [0.25, 0.3) is 0 Å². The van der Waals surface area contributed by atoms with Crippen LogP contribution in [0.4, 0.5) is 0 Å². The first-order valence-electron chi connectivity index (χ1n) is 11.4. The Bertz CT molecular complexity index is 1040. The highest BCUT2D eigenvalue weighted by Gasteiger charge is 2.66. The first kappa shape index (κ1) is 17.4. The number of nitrogens with zero attached hydrogens (tertiary/aromatic N) is 1. The number of likely N-dealkylation sites (tertiary alicyclic amines) is 1. The lowest BCUT2D eigenvalue weighted by Gasteiger charge is -2.58. The smallest absolute Gasteiger partial charge is 0.174 e. The quantitative estimate of drug-likeness (QED) is 0.770. The van der Waals surface area contributed by atoms with Crippen molar-refractivity contribution in [3.05, 3.63) is 35.8 Å². The second kappa shape index (κ2) is 5.91. The largest absolute Gasteiger partial charge is 0.493 e. The van der Waals surface area contributed by atoms with Crippen LogP contribution in [0.3, 0.4) is 0 Å². The van der Waals surface area contributed by atoms with Gasteiger partial charge in [0.2, 0.25) is 0 Å². The molecular formula is C25H27NO4. The Kier molecular flexibility index (Phi) is 3.43. The molecule has 3 fully saturated rings. The number of hydrogen-bond acceptors (Lipinski definition) is 5. The molecule has 1 aromatic heterocycles. The number of ketones is 1. The van der Waals surface area contributed by atoms with E-state index in [1.165, 1.54) is 36.1 Å². The first-order chi connectivity index (χ1) is 14.7. The van der Waals surface area contributed by atoms with Crippen LogP contribution in [0.5, 0.6) is 11.5 Å². The molecule has 5 heteroatoms. The van der Waals surface area contributed by atoms with Gasteiger partial charge in [-0.25, -0.2) is 0 Å². The minimum Gasteiger partial charge on any atom is -0.493 e. The van der Waals surface area contributed by atoms with Crippen LogP contribution in [0, 0.1) is 11.8 Å². The molecule has 2 saturated carbocycles. The van der Waals surface area contributed by atoms with Crippen LogP contribution in [-0.2, 0) is 16.6 Å². The number of furan rings is 1. The number of ether oxygens (including phenoxy) is 2. The van der Waals surface area contributed by atoms with Crippen molar-refractivity contribution in [2.45, 2.75) is 56.1 Å². The highest BCUT2D eigenvalue weighted by atomic mass is 16.5. The van der Waals surface area contributed by atoms with Crippen molar-refractivity contribution < 1.29 is 18.7 Å². The van der Waals surface area contributed by atoms with Gasteiger partial charge in [0.05, 0.1) is 19.6 Å². The second-order valence-electron chi connectivity index (χ2n) is 9.93. The third kappa shape index (κ3) is 2.09. The maximum Gasteiger partial charge on any atom is 0.174 e. The summed E-state index contributed by atoms with van der Waals surface area (Å²) in [6, 6.07) is 4.62. The summed E-state index contributed by atoms with van der Waals surface area (Å²) in [5.74, 6) is 3.22. The van der Waals surface area contributed by atoms with E-state index in [1.807, 2.05) is 12.3 Å². The van der Waals surface area contributed by atoms with Gasteiger partial charge in [-0.05, 0) is 73.7 Å². The highest BCUT2D eigenvalue weighted by Crippen LogP contribution is 2.64. The van der Waals surface area contributed by atoms with Gasteiger partial charge in [0.15, 0.2) is 23.4 Å². The molecular weight excluding hydrogens is 378 g/mol. The van der Waals surface area contributed by atoms with Crippen LogP contribution in [0.25, 0.3) is 11.1 Å².